The molecule has 1 fully saturated rings. The van der Waals surface area contributed by atoms with Gasteiger partial charge in [-0.3, -0.25) is 4.79 Å². The molecule has 1 aromatic rings. The van der Waals surface area contributed by atoms with Crippen LogP contribution in [0.3, 0.4) is 0 Å². The zero-order valence-electron chi connectivity index (χ0n) is 10.5. The predicted octanol–water partition coefficient (Wildman–Crippen LogP) is 0.541. The monoisotopic (exact) mass is 251 g/mol. The molecule has 1 heterocycles. The molecule has 0 aromatic heterocycles. The minimum absolute atomic E-state index is 0.0455. The van der Waals surface area contributed by atoms with Crippen molar-refractivity contribution in [1.29, 1.82) is 0 Å². The minimum atomic E-state index is -0.475. The van der Waals surface area contributed by atoms with Gasteiger partial charge >= 0.3 is 0 Å². The minimum Gasteiger partial charge on any atom is -0.332 e. The van der Waals surface area contributed by atoms with Gasteiger partial charge in [-0.05, 0) is 19.2 Å². The molecule has 1 aliphatic rings. The fraction of sp³-hybridized carbons (Fsp3) is 0.462. The van der Waals surface area contributed by atoms with E-state index in [9.17, 15) is 9.18 Å². The van der Waals surface area contributed by atoms with Gasteiger partial charge in [-0.15, -0.1) is 0 Å². The van der Waals surface area contributed by atoms with E-state index in [0.29, 0.717) is 13.1 Å². The van der Waals surface area contributed by atoms with Gasteiger partial charge in [-0.2, -0.15) is 0 Å². The summed E-state index contributed by atoms with van der Waals surface area (Å²) in [7, 11) is 1.99. The van der Waals surface area contributed by atoms with Crippen LogP contribution in [-0.4, -0.2) is 55.0 Å². The highest BCUT2D eigenvalue weighted by Crippen LogP contribution is 2.15. The predicted molar refractivity (Wildman–Crippen MR) is 67.8 cm³/mol. The van der Waals surface area contributed by atoms with Crippen LogP contribution in [0.4, 0.5) is 4.39 Å². The first-order valence-electron chi connectivity index (χ1n) is 6.07. The second kappa shape index (κ2) is 5.46. The van der Waals surface area contributed by atoms with Crippen LogP contribution in [0.2, 0.25) is 0 Å². The number of hydrogen-bond donors (Lipinski definition) is 1. The van der Waals surface area contributed by atoms with Crippen molar-refractivity contribution in [3.8, 4) is 0 Å². The van der Waals surface area contributed by atoms with Crippen LogP contribution in [-0.2, 0) is 0 Å². The summed E-state index contributed by atoms with van der Waals surface area (Å²) >= 11 is 0. The molecule has 1 unspecified atom stereocenters. The lowest BCUT2D eigenvalue weighted by Gasteiger charge is -2.39. The summed E-state index contributed by atoms with van der Waals surface area (Å²) in [6.45, 7) is 2.50. The van der Waals surface area contributed by atoms with Crippen LogP contribution in [0.1, 0.15) is 10.4 Å². The van der Waals surface area contributed by atoms with Gasteiger partial charge in [0.1, 0.15) is 5.82 Å². The van der Waals surface area contributed by atoms with Crippen LogP contribution < -0.4 is 5.73 Å². The maximum absolute atomic E-state index is 13.6. The molecule has 0 spiro atoms. The van der Waals surface area contributed by atoms with Crippen molar-refractivity contribution >= 4 is 5.91 Å². The molecule has 1 atom stereocenters. The average Bonchev–Trinajstić information content (AvgIpc) is 2.38. The number of nitrogens with zero attached hydrogens (tertiary/aromatic N) is 2. The normalized spacial score (nSPS) is 21.1. The summed E-state index contributed by atoms with van der Waals surface area (Å²) in [5, 5.41) is 0. The SMILES string of the molecule is CN1CCN(C(=O)c2ccccc2F)C(CN)C1. The molecular formula is C13H18FN3O. The maximum Gasteiger partial charge on any atom is 0.257 e. The van der Waals surface area contributed by atoms with Gasteiger partial charge in [-0.1, -0.05) is 12.1 Å². The van der Waals surface area contributed by atoms with Crippen LogP contribution >= 0.6 is 0 Å². The summed E-state index contributed by atoms with van der Waals surface area (Å²) in [5.41, 5.74) is 5.82. The molecule has 1 amide bonds. The Hall–Kier alpha value is -1.46. The van der Waals surface area contributed by atoms with Crippen LogP contribution in [0, 0.1) is 5.82 Å². The van der Waals surface area contributed by atoms with Gasteiger partial charge in [0.2, 0.25) is 0 Å². The average molecular weight is 251 g/mol. The number of amides is 1. The van der Waals surface area contributed by atoms with Crippen LogP contribution in [0.5, 0.6) is 0 Å². The number of carbonyl (C=O) groups excluding carboxylic acids is 1. The molecule has 98 valence electrons. The van der Waals surface area contributed by atoms with Crippen molar-refractivity contribution in [3.63, 3.8) is 0 Å². The van der Waals surface area contributed by atoms with Crippen molar-refractivity contribution in [2.24, 2.45) is 5.73 Å². The van der Waals surface area contributed by atoms with Crippen molar-refractivity contribution < 1.29 is 9.18 Å². The van der Waals surface area contributed by atoms with E-state index < -0.39 is 5.82 Å². The molecule has 1 aliphatic heterocycles. The zero-order valence-corrected chi connectivity index (χ0v) is 10.5. The van der Waals surface area contributed by atoms with Gasteiger partial charge in [0.05, 0.1) is 11.6 Å². The Labute approximate surface area is 106 Å². The van der Waals surface area contributed by atoms with Crippen LogP contribution in [0.25, 0.3) is 0 Å². The first kappa shape index (κ1) is 13.0. The third-order valence-electron chi connectivity index (χ3n) is 3.32. The summed E-state index contributed by atoms with van der Waals surface area (Å²) < 4.78 is 13.6. The van der Waals surface area contributed by atoms with E-state index in [-0.39, 0.29) is 17.5 Å². The van der Waals surface area contributed by atoms with E-state index >= 15 is 0 Å². The summed E-state index contributed by atoms with van der Waals surface area (Å²) in [6.07, 6.45) is 0. The number of likely N-dealkylation sites (N-methyl/N-ethyl adjacent to an activating group) is 1. The van der Waals surface area contributed by atoms with Crippen LogP contribution in [0.15, 0.2) is 24.3 Å². The first-order chi connectivity index (χ1) is 8.63. The number of benzene rings is 1. The number of halogens is 1. The van der Waals surface area contributed by atoms with Gasteiger partial charge in [-0.25, -0.2) is 4.39 Å². The summed E-state index contributed by atoms with van der Waals surface area (Å²) in [6, 6.07) is 6.03. The standard InChI is InChI=1S/C13H18FN3O/c1-16-6-7-17(10(8-15)9-16)13(18)11-4-2-3-5-12(11)14/h2-5,10H,6-9,15H2,1H3. The van der Waals surface area contributed by atoms with Crippen molar-refractivity contribution in [1.82, 2.24) is 9.80 Å². The lowest BCUT2D eigenvalue weighted by molar-refractivity contribution is 0.0511. The topological polar surface area (TPSA) is 49.6 Å². The molecule has 5 heteroatoms. The second-order valence-corrected chi connectivity index (χ2v) is 4.63. The number of carbonyl (C=O) groups is 1. The van der Waals surface area contributed by atoms with Gasteiger partial charge < -0.3 is 15.5 Å². The highest BCUT2D eigenvalue weighted by Gasteiger charge is 2.29. The van der Waals surface area contributed by atoms with Gasteiger partial charge in [0, 0.05) is 26.2 Å². The Bertz CT molecular complexity index is 438. The number of hydrogen-bond acceptors (Lipinski definition) is 3. The van der Waals surface area contributed by atoms with Crippen molar-refractivity contribution in [3.05, 3.63) is 35.6 Å². The zero-order chi connectivity index (χ0) is 13.1. The molecule has 0 saturated carbocycles. The van der Waals surface area contributed by atoms with Crippen molar-refractivity contribution in [2.75, 3.05) is 33.2 Å². The maximum atomic E-state index is 13.6. The summed E-state index contributed by atoms with van der Waals surface area (Å²) in [5.74, 6) is -0.742. The Balaban J connectivity index is 2.20. The molecule has 0 aliphatic carbocycles. The molecule has 1 aromatic carbocycles. The fourth-order valence-electron chi connectivity index (χ4n) is 2.27. The summed E-state index contributed by atoms with van der Waals surface area (Å²) in [4.78, 5) is 16.1. The van der Waals surface area contributed by atoms with E-state index in [1.54, 1.807) is 17.0 Å². The Kier molecular flexibility index (Phi) is 3.93. The fourth-order valence-corrected chi connectivity index (χ4v) is 2.27. The number of nitrogens with two attached hydrogens (primary N) is 1. The second-order valence-electron chi connectivity index (χ2n) is 4.63. The molecule has 0 bridgehead atoms. The molecule has 4 nitrogen and oxygen atoms in total. The smallest absolute Gasteiger partial charge is 0.257 e. The molecule has 2 rings (SSSR count). The molecule has 2 N–H and O–H groups in total. The van der Waals surface area contributed by atoms with Crippen molar-refractivity contribution in [2.45, 2.75) is 6.04 Å². The quantitative estimate of drug-likeness (QED) is 0.834. The number of rotatable bonds is 2. The molecular weight excluding hydrogens is 233 g/mol. The van der Waals surface area contributed by atoms with Gasteiger partial charge in [0.25, 0.3) is 5.91 Å². The highest BCUT2D eigenvalue weighted by molar-refractivity contribution is 5.94. The molecule has 1 saturated heterocycles. The lowest BCUT2D eigenvalue weighted by Crippen LogP contribution is -2.56. The Morgan fingerprint density at radius 3 is 2.83 bits per heavy atom. The highest BCUT2D eigenvalue weighted by atomic mass is 19.1. The molecule has 0 radical (unpaired) electrons. The Morgan fingerprint density at radius 1 is 1.44 bits per heavy atom. The van der Waals surface area contributed by atoms with E-state index in [4.69, 9.17) is 5.73 Å². The Morgan fingerprint density at radius 2 is 2.17 bits per heavy atom. The van der Waals surface area contributed by atoms with E-state index in [0.717, 1.165) is 13.1 Å². The largest absolute Gasteiger partial charge is 0.332 e. The first-order valence-corrected chi connectivity index (χ1v) is 6.07. The van der Waals surface area contributed by atoms with E-state index in [1.165, 1.54) is 12.1 Å². The van der Waals surface area contributed by atoms with E-state index in [1.807, 2.05) is 7.05 Å². The molecule has 18 heavy (non-hydrogen) atoms. The third kappa shape index (κ3) is 2.52. The third-order valence-corrected chi connectivity index (χ3v) is 3.32. The number of piperazine rings is 1. The van der Waals surface area contributed by atoms with Gasteiger partial charge in [0.15, 0.2) is 0 Å². The lowest BCUT2D eigenvalue weighted by atomic mass is 10.1. The van der Waals surface area contributed by atoms with E-state index in [2.05, 4.69) is 4.90 Å².